The number of amides is 2. The third kappa shape index (κ3) is 5.35. The predicted octanol–water partition coefficient (Wildman–Crippen LogP) is 3.19. The fourth-order valence-corrected chi connectivity index (χ4v) is 2.33. The van der Waals surface area contributed by atoms with Crippen molar-refractivity contribution in [2.24, 2.45) is 0 Å². The monoisotopic (exact) mass is 348 g/mol. The van der Waals surface area contributed by atoms with E-state index in [9.17, 15) is 14.0 Å². The molecule has 0 aromatic heterocycles. The van der Waals surface area contributed by atoms with E-state index in [0.29, 0.717) is 23.7 Å². The zero-order valence-electron chi connectivity index (χ0n) is 13.3. The number of halogens is 2. The van der Waals surface area contributed by atoms with Gasteiger partial charge in [0.25, 0.3) is 0 Å². The van der Waals surface area contributed by atoms with Gasteiger partial charge in [-0.1, -0.05) is 23.7 Å². The lowest BCUT2D eigenvalue weighted by molar-refractivity contribution is -0.123. The molecule has 0 aliphatic heterocycles. The molecule has 0 aliphatic carbocycles. The van der Waals surface area contributed by atoms with Crippen molar-refractivity contribution in [2.75, 3.05) is 18.0 Å². The molecule has 6 heteroatoms. The second-order valence-corrected chi connectivity index (χ2v) is 5.74. The summed E-state index contributed by atoms with van der Waals surface area (Å²) in [4.78, 5) is 25.1. The Kier molecular flexibility index (Phi) is 6.32. The van der Waals surface area contributed by atoms with Gasteiger partial charge in [-0.25, -0.2) is 4.39 Å². The summed E-state index contributed by atoms with van der Waals surface area (Å²) in [5.74, 6) is -0.951. The van der Waals surface area contributed by atoms with E-state index in [1.165, 1.54) is 36.1 Å². The Morgan fingerprint density at radius 2 is 1.71 bits per heavy atom. The molecule has 0 saturated heterocycles. The van der Waals surface area contributed by atoms with Gasteiger partial charge < -0.3 is 10.2 Å². The maximum Gasteiger partial charge on any atom is 0.240 e. The minimum absolute atomic E-state index is 0.110. The SMILES string of the molecule is CC(=O)N(CC(=O)NCCc1ccc(Cl)cc1)c1ccc(F)cc1. The lowest BCUT2D eigenvalue weighted by atomic mass is 10.1. The van der Waals surface area contributed by atoms with Gasteiger partial charge in [0.1, 0.15) is 12.4 Å². The number of nitrogens with zero attached hydrogens (tertiary/aromatic N) is 1. The van der Waals surface area contributed by atoms with Crippen LogP contribution < -0.4 is 10.2 Å². The molecule has 24 heavy (non-hydrogen) atoms. The molecule has 0 atom stereocenters. The van der Waals surface area contributed by atoms with Crippen molar-refractivity contribution in [3.63, 3.8) is 0 Å². The molecule has 2 aromatic rings. The maximum atomic E-state index is 13.0. The van der Waals surface area contributed by atoms with Crippen molar-refractivity contribution in [3.05, 3.63) is 64.9 Å². The second kappa shape index (κ2) is 8.45. The average molecular weight is 349 g/mol. The van der Waals surface area contributed by atoms with Crippen molar-refractivity contribution >= 4 is 29.1 Å². The summed E-state index contributed by atoms with van der Waals surface area (Å²) < 4.78 is 13.0. The van der Waals surface area contributed by atoms with Gasteiger partial charge in [-0.15, -0.1) is 0 Å². The Labute approximate surface area is 145 Å². The van der Waals surface area contributed by atoms with Crippen molar-refractivity contribution in [1.29, 1.82) is 0 Å². The molecule has 0 bridgehead atoms. The number of anilines is 1. The van der Waals surface area contributed by atoms with Gasteiger partial charge in [0.05, 0.1) is 0 Å². The normalized spacial score (nSPS) is 10.3. The largest absolute Gasteiger partial charge is 0.354 e. The fraction of sp³-hybridized carbons (Fsp3) is 0.222. The van der Waals surface area contributed by atoms with Crippen molar-refractivity contribution in [3.8, 4) is 0 Å². The van der Waals surface area contributed by atoms with Crippen LogP contribution in [0.2, 0.25) is 5.02 Å². The smallest absolute Gasteiger partial charge is 0.240 e. The minimum atomic E-state index is -0.394. The third-order valence-corrected chi connectivity index (χ3v) is 3.72. The molecule has 0 unspecified atom stereocenters. The van der Waals surface area contributed by atoms with Crippen LogP contribution in [0.15, 0.2) is 48.5 Å². The molecule has 0 radical (unpaired) electrons. The van der Waals surface area contributed by atoms with Crippen LogP contribution in [0.3, 0.4) is 0 Å². The third-order valence-electron chi connectivity index (χ3n) is 3.47. The highest BCUT2D eigenvalue weighted by Gasteiger charge is 2.15. The van der Waals surface area contributed by atoms with Crippen LogP contribution in [0.5, 0.6) is 0 Å². The molecule has 0 spiro atoms. The Balaban J connectivity index is 1.87. The zero-order valence-corrected chi connectivity index (χ0v) is 14.0. The molecule has 0 saturated carbocycles. The van der Waals surface area contributed by atoms with E-state index in [0.717, 1.165) is 5.56 Å². The summed E-state index contributed by atoms with van der Waals surface area (Å²) in [7, 11) is 0. The Morgan fingerprint density at radius 1 is 1.08 bits per heavy atom. The molecule has 0 fully saturated rings. The molecule has 2 aromatic carbocycles. The Morgan fingerprint density at radius 3 is 2.29 bits per heavy atom. The van der Waals surface area contributed by atoms with Crippen LogP contribution in [0.4, 0.5) is 10.1 Å². The van der Waals surface area contributed by atoms with Gasteiger partial charge in [0.2, 0.25) is 11.8 Å². The molecule has 2 rings (SSSR count). The summed E-state index contributed by atoms with van der Waals surface area (Å²) in [6, 6.07) is 12.8. The van der Waals surface area contributed by atoms with Gasteiger partial charge in [-0.2, -0.15) is 0 Å². The summed E-state index contributed by atoms with van der Waals surface area (Å²) in [5.41, 5.74) is 1.54. The van der Waals surface area contributed by atoms with Crippen LogP contribution in [0.25, 0.3) is 0 Å². The summed E-state index contributed by atoms with van der Waals surface area (Å²) in [5, 5.41) is 3.44. The lowest BCUT2D eigenvalue weighted by Gasteiger charge is -2.20. The fourth-order valence-electron chi connectivity index (χ4n) is 2.20. The van der Waals surface area contributed by atoms with E-state index in [-0.39, 0.29) is 18.4 Å². The van der Waals surface area contributed by atoms with E-state index in [4.69, 9.17) is 11.6 Å². The van der Waals surface area contributed by atoms with Gasteiger partial charge >= 0.3 is 0 Å². The highest BCUT2D eigenvalue weighted by Crippen LogP contribution is 2.15. The number of hydrogen-bond donors (Lipinski definition) is 1. The van der Waals surface area contributed by atoms with Crippen molar-refractivity contribution in [2.45, 2.75) is 13.3 Å². The highest BCUT2D eigenvalue weighted by atomic mass is 35.5. The first-order valence-electron chi connectivity index (χ1n) is 7.50. The number of rotatable bonds is 6. The van der Waals surface area contributed by atoms with Crippen LogP contribution in [-0.2, 0) is 16.0 Å². The summed E-state index contributed by atoms with van der Waals surface area (Å²) in [6.07, 6.45) is 0.666. The average Bonchev–Trinajstić information content (AvgIpc) is 2.55. The first-order valence-corrected chi connectivity index (χ1v) is 7.88. The number of benzene rings is 2. The number of carbonyl (C=O) groups is 2. The van der Waals surface area contributed by atoms with Crippen molar-refractivity contribution < 1.29 is 14.0 Å². The minimum Gasteiger partial charge on any atom is -0.354 e. The predicted molar refractivity (Wildman–Crippen MR) is 92.6 cm³/mol. The van der Waals surface area contributed by atoms with E-state index < -0.39 is 5.82 Å². The number of hydrogen-bond acceptors (Lipinski definition) is 2. The Bertz CT molecular complexity index is 702. The number of nitrogens with one attached hydrogen (secondary N) is 1. The molecular weight excluding hydrogens is 331 g/mol. The van der Waals surface area contributed by atoms with Gasteiger partial charge in [0.15, 0.2) is 0 Å². The molecule has 1 N–H and O–H groups in total. The standard InChI is InChI=1S/C18H18ClFN2O2/c1-13(23)22(17-8-6-16(20)7-9-17)12-18(24)21-11-10-14-2-4-15(19)5-3-14/h2-9H,10-12H2,1H3,(H,21,24). The second-order valence-electron chi connectivity index (χ2n) is 5.31. The highest BCUT2D eigenvalue weighted by molar-refractivity contribution is 6.30. The van der Waals surface area contributed by atoms with Crippen molar-refractivity contribution in [1.82, 2.24) is 5.32 Å². The molecule has 0 aliphatic rings. The van der Waals surface area contributed by atoms with E-state index in [1.54, 1.807) is 12.1 Å². The molecule has 4 nitrogen and oxygen atoms in total. The van der Waals surface area contributed by atoms with E-state index >= 15 is 0 Å². The summed E-state index contributed by atoms with van der Waals surface area (Å²) >= 11 is 5.82. The molecule has 2 amide bonds. The lowest BCUT2D eigenvalue weighted by Crippen LogP contribution is -2.40. The first-order chi connectivity index (χ1) is 11.5. The summed E-state index contributed by atoms with van der Waals surface area (Å²) in [6.45, 7) is 1.71. The van der Waals surface area contributed by atoms with Crippen LogP contribution >= 0.6 is 11.6 Å². The van der Waals surface area contributed by atoms with Crippen LogP contribution in [-0.4, -0.2) is 24.9 Å². The zero-order chi connectivity index (χ0) is 17.5. The van der Waals surface area contributed by atoms with E-state index in [1.807, 2.05) is 12.1 Å². The Hall–Kier alpha value is -2.40. The van der Waals surface area contributed by atoms with Crippen LogP contribution in [0, 0.1) is 5.82 Å². The van der Waals surface area contributed by atoms with Gasteiger partial charge in [-0.3, -0.25) is 9.59 Å². The topological polar surface area (TPSA) is 49.4 Å². The van der Waals surface area contributed by atoms with E-state index in [2.05, 4.69) is 5.32 Å². The van der Waals surface area contributed by atoms with Gasteiger partial charge in [0, 0.05) is 24.2 Å². The van der Waals surface area contributed by atoms with Crippen LogP contribution in [0.1, 0.15) is 12.5 Å². The molecular formula is C18H18ClFN2O2. The van der Waals surface area contributed by atoms with Gasteiger partial charge in [-0.05, 0) is 48.4 Å². The molecule has 0 heterocycles. The molecule has 126 valence electrons. The maximum absolute atomic E-state index is 13.0. The first kappa shape index (κ1) is 17.9. The quantitative estimate of drug-likeness (QED) is 0.871. The number of carbonyl (C=O) groups excluding carboxylic acids is 2.